The number of anilines is 2. The quantitative estimate of drug-likeness (QED) is 0.118. The van der Waals surface area contributed by atoms with Crippen molar-refractivity contribution in [3.05, 3.63) is 87.7 Å². The monoisotopic (exact) mass is 562 g/mol. The van der Waals surface area contributed by atoms with E-state index in [1.165, 1.54) is 42.5 Å². The van der Waals surface area contributed by atoms with Crippen molar-refractivity contribution in [2.45, 2.75) is 18.7 Å². The van der Waals surface area contributed by atoms with E-state index >= 15 is 0 Å². The van der Waals surface area contributed by atoms with E-state index in [0.717, 1.165) is 12.1 Å². The van der Waals surface area contributed by atoms with Gasteiger partial charge in [0.15, 0.2) is 0 Å². The van der Waals surface area contributed by atoms with Gasteiger partial charge < -0.3 is 25.4 Å². The fourth-order valence-corrected chi connectivity index (χ4v) is 3.90. The van der Waals surface area contributed by atoms with Gasteiger partial charge in [0.25, 0.3) is 5.69 Å². The number of nitro benzene ring substituents is 1. The first-order valence-corrected chi connectivity index (χ1v) is 11.9. The maximum Gasteiger partial charge on any atom is 0.423 e. The average molecular weight is 562 g/mol. The van der Waals surface area contributed by atoms with Crippen molar-refractivity contribution >= 4 is 28.9 Å². The van der Waals surface area contributed by atoms with E-state index in [-0.39, 0.29) is 31.2 Å². The van der Waals surface area contributed by atoms with E-state index in [0.29, 0.717) is 35.2 Å². The first kappa shape index (κ1) is 28.1. The van der Waals surface area contributed by atoms with Crippen molar-refractivity contribution in [2.75, 3.05) is 25.0 Å². The van der Waals surface area contributed by atoms with Crippen molar-refractivity contribution < 1.29 is 41.5 Å². The second kappa shape index (κ2) is 11.9. The van der Waals surface area contributed by atoms with E-state index in [4.69, 9.17) is 9.47 Å². The second-order valence-corrected chi connectivity index (χ2v) is 8.65. The summed E-state index contributed by atoms with van der Waals surface area (Å²) in [5.41, 5.74) is -1.32. The summed E-state index contributed by atoms with van der Waals surface area (Å²) in [5.74, 6) is -1.19. The van der Waals surface area contributed by atoms with Gasteiger partial charge in [0.1, 0.15) is 35.6 Å². The lowest BCUT2D eigenvalue weighted by atomic mass is 10.1. The summed E-state index contributed by atoms with van der Waals surface area (Å²) >= 11 is 0. The van der Waals surface area contributed by atoms with Crippen molar-refractivity contribution in [1.82, 2.24) is 10.6 Å². The number of halogens is 4. The first-order valence-electron chi connectivity index (χ1n) is 11.9. The van der Waals surface area contributed by atoms with Crippen LogP contribution in [0.2, 0.25) is 0 Å². The Morgan fingerprint density at radius 1 is 1.00 bits per heavy atom. The number of benzene rings is 3. The average Bonchev–Trinajstić information content (AvgIpc) is 3.32. The molecular formula is C26H22F4N4O6. The highest BCUT2D eigenvalue weighted by molar-refractivity contribution is 6.35. The lowest BCUT2D eigenvalue weighted by molar-refractivity contribution is -0.388. The highest BCUT2D eigenvalue weighted by Crippen LogP contribution is 2.38. The molecule has 1 heterocycles. The van der Waals surface area contributed by atoms with Crippen LogP contribution in [0.15, 0.2) is 60.7 Å². The number of hydrogen-bond acceptors (Lipinski definition) is 7. The Hall–Kier alpha value is -4.88. The van der Waals surface area contributed by atoms with E-state index in [1.807, 2.05) is 0 Å². The molecule has 2 amide bonds. The molecule has 0 bridgehead atoms. The molecule has 1 aliphatic rings. The Morgan fingerprint density at radius 3 is 2.40 bits per heavy atom. The topological polar surface area (TPSA) is 132 Å². The second-order valence-electron chi connectivity index (χ2n) is 8.65. The molecule has 0 aromatic heterocycles. The molecule has 0 radical (unpaired) electrons. The van der Waals surface area contributed by atoms with Gasteiger partial charge in [-0.25, -0.2) is 4.39 Å². The fraction of sp³-hybridized carbons (Fsp3) is 0.231. The Balaban J connectivity index is 1.18. The minimum Gasteiger partial charge on any atom is -0.492 e. The molecule has 0 aliphatic carbocycles. The van der Waals surface area contributed by atoms with Crippen LogP contribution in [0, 0.1) is 15.9 Å². The number of fused-ring (bicyclic) bond motifs is 1. The third-order valence-corrected chi connectivity index (χ3v) is 5.76. The Morgan fingerprint density at radius 2 is 1.70 bits per heavy atom. The number of rotatable bonds is 9. The molecule has 1 unspecified atom stereocenters. The molecular weight excluding hydrogens is 540 g/mol. The van der Waals surface area contributed by atoms with Crippen LogP contribution in [-0.2, 0) is 22.2 Å². The van der Waals surface area contributed by atoms with Crippen LogP contribution in [0.4, 0.5) is 34.6 Å². The lowest BCUT2D eigenvalue weighted by Crippen LogP contribution is -2.44. The lowest BCUT2D eigenvalue weighted by Gasteiger charge is -2.13. The SMILES string of the molecule is O=C(NCCOc1ccc(Nc2ccc([N+](=O)[O-])c(C(F)(F)F)c2)cc1)C(=O)NCC1Cc2cc(F)ccc2O1. The summed E-state index contributed by atoms with van der Waals surface area (Å²) in [6.07, 6.45) is -4.91. The highest BCUT2D eigenvalue weighted by Gasteiger charge is 2.38. The molecule has 1 atom stereocenters. The molecule has 0 spiro atoms. The number of carbonyl (C=O) groups is 2. The van der Waals surface area contributed by atoms with Crippen LogP contribution >= 0.6 is 0 Å². The van der Waals surface area contributed by atoms with Crippen LogP contribution in [0.1, 0.15) is 11.1 Å². The Labute approximate surface area is 224 Å². The van der Waals surface area contributed by atoms with E-state index in [9.17, 15) is 37.3 Å². The number of nitrogens with one attached hydrogen (secondary N) is 3. The summed E-state index contributed by atoms with van der Waals surface area (Å²) in [7, 11) is 0. The minimum absolute atomic E-state index is 0.00510. The molecule has 0 saturated carbocycles. The predicted octanol–water partition coefficient (Wildman–Crippen LogP) is 4.11. The molecule has 10 nitrogen and oxygen atoms in total. The number of alkyl halides is 3. The largest absolute Gasteiger partial charge is 0.492 e. The van der Waals surface area contributed by atoms with Gasteiger partial charge in [-0.05, 0) is 54.6 Å². The van der Waals surface area contributed by atoms with Gasteiger partial charge >= 0.3 is 18.0 Å². The van der Waals surface area contributed by atoms with Gasteiger partial charge in [-0.3, -0.25) is 19.7 Å². The van der Waals surface area contributed by atoms with Gasteiger partial charge in [-0.1, -0.05) is 0 Å². The standard InChI is InChI=1S/C26H22F4N4O6/c27-16-1-8-23-15(11-16)12-20(40-23)14-32-25(36)24(35)31-9-10-39-19-5-2-17(3-6-19)33-18-4-7-22(34(37)38)21(13-18)26(28,29)30/h1-8,11,13,20,33H,9-10,12,14H2,(H,31,35)(H,32,36). The summed E-state index contributed by atoms with van der Waals surface area (Å²) < 4.78 is 63.9. The number of amides is 2. The zero-order chi connectivity index (χ0) is 28.9. The Kier molecular flexibility index (Phi) is 8.36. The van der Waals surface area contributed by atoms with Crippen molar-refractivity contribution in [2.24, 2.45) is 0 Å². The van der Waals surface area contributed by atoms with Gasteiger partial charge in [-0.15, -0.1) is 0 Å². The van der Waals surface area contributed by atoms with E-state index in [2.05, 4.69) is 16.0 Å². The van der Waals surface area contributed by atoms with Crippen molar-refractivity contribution in [1.29, 1.82) is 0 Å². The zero-order valence-corrected chi connectivity index (χ0v) is 20.6. The molecule has 4 rings (SSSR count). The molecule has 1 aliphatic heterocycles. The van der Waals surface area contributed by atoms with Crippen LogP contribution in [0.25, 0.3) is 0 Å². The van der Waals surface area contributed by atoms with Crippen molar-refractivity contribution in [3.8, 4) is 11.5 Å². The van der Waals surface area contributed by atoms with E-state index in [1.54, 1.807) is 0 Å². The molecule has 0 fully saturated rings. The van der Waals surface area contributed by atoms with Crippen LogP contribution < -0.4 is 25.4 Å². The normalized spacial score (nSPS) is 14.1. The third kappa shape index (κ3) is 7.15. The summed E-state index contributed by atoms with van der Waals surface area (Å²) in [6.45, 7) is 0.104. The summed E-state index contributed by atoms with van der Waals surface area (Å²) in [5, 5.41) is 18.5. The number of nitrogens with zero attached hydrogens (tertiary/aromatic N) is 1. The number of hydrogen-bond donors (Lipinski definition) is 3. The molecule has 210 valence electrons. The van der Waals surface area contributed by atoms with Gasteiger partial charge in [0.05, 0.1) is 18.0 Å². The van der Waals surface area contributed by atoms with E-state index < -0.39 is 40.3 Å². The molecule has 3 aromatic rings. The maximum atomic E-state index is 13.3. The number of ether oxygens (including phenoxy) is 2. The number of nitro groups is 1. The van der Waals surface area contributed by atoms with Gasteiger partial charge in [0.2, 0.25) is 0 Å². The maximum absolute atomic E-state index is 13.3. The molecule has 40 heavy (non-hydrogen) atoms. The summed E-state index contributed by atoms with van der Waals surface area (Å²) in [6, 6.07) is 12.8. The number of carbonyl (C=O) groups excluding carboxylic acids is 2. The molecule has 14 heteroatoms. The van der Waals surface area contributed by atoms with Crippen LogP contribution in [-0.4, -0.2) is 42.5 Å². The van der Waals surface area contributed by atoms with Crippen molar-refractivity contribution in [3.63, 3.8) is 0 Å². The highest BCUT2D eigenvalue weighted by atomic mass is 19.4. The first-order chi connectivity index (χ1) is 19.0. The van der Waals surface area contributed by atoms with Crippen LogP contribution in [0.3, 0.4) is 0 Å². The van der Waals surface area contributed by atoms with Crippen LogP contribution in [0.5, 0.6) is 11.5 Å². The summed E-state index contributed by atoms with van der Waals surface area (Å²) in [4.78, 5) is 33.8. The molecule has 0 saturated heterocycles. The Bertz CT molecular complexity index is 1420. The predicted molar refractivity (Wildman–Crippen MR) is 134 cm³/mol. The third-order valence-electron chi connectivity index (χ3n) is 5.76. The fourth-order valence-electron chi connectivity index (χ4n) is 3.90. The smallest absolute Gasteiger partial charge is 0.423 e. The van der Waals surface area contributed by atoms with Gasteiger partial charge in [0, 0.05) is 29.4 Å². The zero-order valence-electron chi connectivity index (χ0n) is 20.6. The van der Waals surface area contributed by atoms with Gasteiger partial charge in [-0.2, -0.15) is 13.2 Å². The molecule has 3 aromatic carbocycles. The molecule has 3 N–H and O–H groups in total. The minimum atomic E-state index is -4.90.